The first kappa shape index (κ1) is 12.9. The molecule has 1 saturated heterocycles. The summed E-state index contributed by atoms with van der Waals surface area (Å²) in [6, 6.07) is 4.47. The van der Waals surface area contributed by atoms with Crippen molar-refractivity contribution < 1.29 is 0 Å². The SMILES string of the molecule is CN(c1nc2c(Br)cccn2n1)C1CCCNCC1. The van der Waals surface area contributed by atoms with Crippen LogP contribution in [0.5, 0.6) is 0 Å². The van der Waals surface area contributed by atoms with Crippen molar-refractivity contribution in [2.24, 2.45) is 0 Å². The third-order valence-corrected chi connectivity index (χ3v) is 4.33. The first-order chi connectivity index (χ1) is 9.25. The van der Waals surface area contributed by atoms with Crippen LogP contribution in [0.2, 0.25) is 0 Å². The Balaban J connectivity index is 1.88. The van der Waals surface area contributed by atoms with Crippen LogP contribution in [0.25, 0.3) is 5.65 Å². The predicted molar refractivity (Wildman–Crippen MR) is 79.6 cm³/mol. The van der Waals surface area contributed by atoms with Crippen molar-refractivity contribution in [2.45, 2.75) is 25.3 Å². The Morgan fingerprint density at radius 2 is 2.32 bits per heavy atom. The van der Waals surface area contributed by atoms with E-state index in [1.54, 1.807) is 0 Å². The molecule has 1 atom stereocenters. The molecule has 0 radical (unpaired) electrons. The topological polar surface area (TPSA) is 45.5 Å². The Bertz CT molecular complexity index is 559. The summed E-state index contributed by atoms with van der Waals surface area (Å²) in [5.41, 5.74) is 0.871. The van der Waals surface area contributed by atoms with Crippen LogP contribution in [0, 0.1) is 0 Å². The van der Waals surface area contributed by atoms with Gasteiger partial charge in [0.15, 0.2) is 5.65 Å². The lowest BCUT2D eigenvalue weighted by Gasteiger charge is -2.25. The van der Waals surface area contributed by atoms with Gasteiger partial charge in [0, 0.05) is 19.3 Å². The lowest BCUT2D eigenvalue weighted by Crippen LogP contribution is -2.33. The maximum absolute atomic E-state index is 4.63. The van der Waals surface area contributed by atoms with Crippen molar-refractivity contribution in [3.05, 3.63) is 22.8 Å². The van der Waals surface area contributed by atoms with E-state index in [1.807, 2.05) is 22.8 Å². The predicted octanol–water partition coefficient (Wildman–Crippen LogP) is 2.07. The second-order valence-corrected chi connectivity index (χ2v) is 5.84. The molecule has 0 spiro atoms. The van der Waals surface area contributed by atoms with Gasteiger partial charge in [-0.3, -0.25) is 0 Å². The molecule has 2 aromatic heterocycles. The van der Waals surface area contributed by atoms with Gasteiger partial charge in [-0.15, -0.1) is 5.10 Å². The van der Waals surface area contributed by atoms with Gasteiger partial charge in [-0.1, -0.05) is 0 Å². The summed E-state index contributed by atoms with van der Waals surface area (Å²) in [6.07, 6.45) is 5.48. The van der Waals surface area contributed by atoms with E-state index in [9.17, 15) is 0 Å². The van der Waals surface area contributed by atoms with Gasteiger partial charge in [0.25, 0.3) is 0 Å². The first-order valence-electron chi connectivity index (χ1n) is 6.70. The molecule has 0 aromatic carbocycles. The minimum absolute atomic E-state index is 0.520. The van der Waals surface area contributed by atoms with Crippen molar-refractivity contribution in [3.8, 4) is 0 Å². The number of hydrogen-bond donors (Lipinski definition) is 1. The lowest BCUT2D eigenvalue weighted by atomic mass is 10.1. The van der Waals surface area contributed by atoms with E-state index >= 15 is 0 Å². The Kier molecular flexibility index (Phi) is 3.70. The fourth-order valence-electron chi connectivity index (χ4n) is 2.56. The third kappa shape index (κ3) is 2.60. The number of hydrogen-bond acceptors (Lipinski definition) is 4. The molecular weight excluding hydrogens is 306 g/mol. The van der Waals surface area contributed by atoms with Gasteiger partial charge in [0.1, 0.15) is 0 Å². The van der Waals surface area contributed by atoms with Crippen LogP contribution in [-0.4, -0.2) is 40.8 Å². The molecule has 0 aliphatic carbocycles. The normalized spacial score (nSPS) is 20.4. The minimum Gasteiger partial charge on any atom is -0.340 e. The largest absolute Gasteiger partial charge is 0.340 e. The number of aromatic nitrogens is 3. The standard InChI is InChI=1S/C13H18BrN5/c1-18(10-4-2-7-15-8-6-10)13-16-12-11(14)5-3-9-19(12)17-13/h3,5,9-10,15H,2,4,6-8H2,1H3. The number of fused-ring (bicyclic) bond motifs is 1. The molecule has 2 aromatic rings. The van der Waals surface area contributed by atoms with E-state index in [0.29, 0.717) is 6.04 Å². The molecule has 6 heteroatoms. The van der Waals surface area contributed by atoms with Gasteiger partial charge in [-0.05, 0) is 60.4 Å². The van der Waals surface area contributed by atoms with Crippen molar-refractivity contribution in [1.29, 1.82) is 0 Å². The maximum atomic E-state index is 4.63. The van der Waals surface area contributed by atoms with Crippen LogP contribution in [0.15, 0.2) is 22.8 Å². The fraction of sp³-hybridized carbons (Fsp3) is 0.538. The lowest BCUT2D eigenvalue weighted by molar-refractivity contribution is 0.558. The van der Waals surface area contributed by atoms with E-state index in [0.717, 1.165) is 35.6 Å². The van der Waals surface area contributed by atoms with Gasteiger partial charge in [-0.25, -0.2) is 4.52 Å². The van der Waals surface area contributed by atoms with Crippen molar-refractivity contribution in [3.63, 3.8) is 0 Å². The molecular formula is C13H18BrN5. The summed E-state index contributed by atoms with van der Waals surface area (Å²) in [6.45, 7) is 2.19. The molecule has 0 saturated carbocycles. The van der Waals surface area contributed by atoms with Crippen LogP contribution in [-0.2, 0) is 0 Å². The maximum Gasteiger partial charge on any atom is 0.245 e. The second-order valence-electron chi connectivity index (χ2n) is 4.98. The molecule has 1 aliphatic heterocycles. The van der Waals surface area contributed by atoms with E-state index < -0.39 is 0 Å². The zero-order valence-electron chi connectivity index (χ0n) is 11.0. The monoisotopic (exact) mass is 323 g/mol. The molecule has 102 valence electrons. The van der Waals surface area contributed by atoms with Gasteiger partial charge >= 0.3 is 0 Å². The van der Waals surface area contributed by atoms with Crippen LogP contribution in [0.1, 0.15) is 19.3 Å². The Morgan fingerprint density at radius 1 is 1.42 bits per heavy atom. The molecule has 3 heterocycles. The number of rotatable bonds is 2. The molecule has 1 N–H and O–H groups in total. The van der Waals surface area contributed by atoms with E-state index in [1.165, 1.54) is 12.8 Å². The highest BCUT2D eigenvalue weighted by Gasteiger charge is 2.20. The van der Waals surface area contributed by atoms with Gasteiger partial charge in [-0.2, -0.15) is 4.98 Å². The van der Waals surface area contributed by atoms with Crippen molar-refractivity contribution in [1.82, 2.24) is 19.9 Å². The number of anilines is 1. The molecule has 5 nitrogen and oxygen atoms in total. The number of pyridine rings is 1. The van der Waals surface area contributed by atoms with Crippen LogP contribution >= 0.6 is 15.9 Å². The zero-order chi connectivity index (χ0) is 13.2. The number of nitrogens with one attached hydrogen (secondary N) is 1. The Hall–Kier alpha value is -1.14. The third-order valence-electron chi connectivity index (χ3n) is 3.71. The van der Waals surface area contributed by atoms with Crippen LogP contribution < -0.4 is 10.2 Å². The summed E-state index contributed by atoms with van der Waals surface area (Å²) in [7, 11) is 2.10. The molecule has 1 fully saturated rings. The molecule has 1 unspecified atom stereocenters. The highest BCUT2D eigenvalue weighted by atomic mass is 79.9. The first-order valence-corrected chi connectivity index (χ1v) is 7.49. The number of halogens is 1. The summed E-state index contributed by atoms with van der Waals surface area (Å²) in [5, 5.41) is 8.00. The smallest absolute Gasteiger partial charge is 0.245 e. The zero-order valence-corrected chi connectivity index (χ0v) is 12.6. The van der Waals surface area contributed by atoms with E-state index in [2.05, 4.69) is 43.3 Å². The number of nitrogens with zero attached hydrogens (tertiary/aromatic N) is 4. The Labute approximate surface area is 121 Å². The van der Waals surface area contributed by atoms with Crippen molar-refractivity contribution >= 4 is 27.5 Å². The molecule has 1 aliphatic rings. The average molecular weight is 324 g/mol. The van der Waals surface area contributed by atoms with E-state index in [4.69, 9.17) is 0 Å². The fourth-order valence-corrected chi connectivity index (χ4v) is 2.99. The highest BCUT2D eigenvalue weighted by Crippen LogP contribution is 2.21. The summed E-state index contributed by atoms with van der Waals surface area (Å²) < 4.78 is 2.80. The quantitative estimate of drug-likeness (QED) is 0.919. The summed E-state index contributed by atoms with van der Waals surface area (Å²) in [5.74, 6) is 0.804. The second kappa shape index (κ2) is 5.46. The highest BCUT2D eigenvalue weighted by molar-refractivity contribution is 9.10. The van der Waals surface area contributed by atoms with Crippen LogP contribution in [0.4, 0.5) is 5.95 Å². The van der Waals surface area contributed by atoms with Gasteiger partial charge < -0.3 is 10.2 Å². The van der Waals surface area contributed by atoms with Crippen LogP contribution in [0.3, 0.4) is 0 Å². The Morgan fingerprint density at radius 3 is 3.16 bits per heavy atom. The summed E-state index contributed by atoms with van der Waals surface area (Å²) >= 11 is 3.52. The van der Waals surface area contributed by atoms with Gasteiger partial charge in [0.05, 0.1) is 4.47 Å². The average Bonchev–Trinajstić information content (AvgIpc) is 2.67. The molecule has 0 amide bonds. The van der Waals surface area contributed by atoms with E-state index in [-0.39, 0.29) is 0 Å². The molecule has 3 rings (SSSR count). The molecule has 19 heavy (non-hydrogen) atoms. The summed E-state index contributed by atoms with van der Waals surface area (Å²) in [4.78, 5) is 6.84. The minimum atomic E-state index is 0.520. The van der Waals surface area contributed by atoms with Gasteiger partial charge in [0.2, 0.25) is 5.95 Å². The molecule has 0 bridgehead atoms. The van der Waals surface area contributed by atoms with Crippen molar-refractivity contribution in [2.75, 3.05) is 25.0 Å².